The minimum absolute atomic E-state index is 0.0151. The summed E-state index contributed by atoms with van der Waals surface area (Å²) < 4.78 is 0. The Labute approximate surface area is 166 Å². The van der Waals surface area contributed by atoms with E-state index in [2.05, 4.69) is 29.7 Å². The van der Waals surface area contributed by atoms with Crippen LogP contribution < -0.4 is 10.6 Å². The van der Waals surface area contributed by atoms with Crippen molar-refractivity contribution in [2.75, 3.05) is 11.9 Å². The number of rotatable bonds is 5. The van der Waals surface area contributed by atoms with E-state index in [0.29, 0.717) is 0 Å². The van der Waals surface area contributed by atoms with E-state index in [1.807, 2.05) is 24.3 Å². The standard InChI is InChI=1S/C23H28N2OS/c1-16-13-18(15-24-12-11-17-7-3-2-4-8-17)14-20-22(16)27-21-10-6-5-9-19(21)23(26)25-20/h5-6,9-10,13-14,17,24H,2-4,7-8,11-12,15H2,1H3,(H,25,26). The maximum absolute atomic E-state index is 12.6. The molecule has 4 heteroatoms. The van der Waals surface area contributed by atoms with Crippen molar-refractivity contribution >= 4 is 23.4 Å². The van der Waals surface area contributed by atoms with Gasteiger partial charge in [0.1, 0.15) is 0 Å². The van der Waals surface area contributed by atoms with Crippen LogP contribution in [0.2, 0.25) is 0 Å². The minimum atomic E-state index is -0.0151. The summed E-state index contributed by atoms with van der Waals surface area (Å²) in [7, 11) is 0. The van der Waals surface area contributed by atoms with Gasteiger partial charge in [0.25, 0.3) is 5.91 Å². The van der Waals surface area contributed by atoms with Gasteiger partial charge in [0.2, 0.25) is 0 Å². The number of hydrogen-bond donors (Lipinski definition) is 2. The largest absolute Gasteiger partial charge is 0.321 e. The van der Waals surface area contributed by atoms with Gasteiger partial charge in [0.15, 0.2) is 0 Å². The van der Waals surface area contributed by atoms with E-state index in [1.54, 1.807) is 11.8 Å². The summed E-state index contributed by atoms with van der Waals surface area (Å²) in [5.41, 5.74) is 4.15. The van der Waals surface area contributed by atoms with Crippen molar-refractivity contribution in [1.82, 2.24) is 5.32 Å². The zero-order chi connectivity index (χ0) is 18.6. The predicted octanol–water partition coefficient (Wildman–Crippen LogP) is 5.77. The van der Waals surface area contributed by atoms with Crippen LogP contribution in [0.5, 0.6) is 0 Å². The first-order chi connectivity index (χ1) is 13.2. The van der Waals surface area contributed by atoms with Crippen LogP contribution in [0.4, 0.5) is 5.69 Å². The lowest BCUT2D eigenvalue weighted by Crippen LogP contribution is -2.19. The summed E-state index contributed by atoms with van der Waals surface area (Å²) in [6.45, 7) is 4.07. The molecule has 1 saturated carbocycles. The van der Waals surface area contributed by atoms with Crippen LogP contribution in [0.3, 0.4) is 0 Å². The lowest BCUT2D eigenvalue weighted by Gasteiger charge is -2.21. The van der Waals surface area contributed by atoms with Gasteiger partial charge in [0.05, 0.1) is 11.3 Å². The maximum Gasteiger partial charge on any atom is 0.256 e. The van der Waals surface area contributed by atoms with E-state index in [9.17, 15) is 4.79 Å². The molecule has 2 N–H and O–H groups in total. The molecule has 3 nitrogen and oxygen atoms in total. The second-order valence-corrected chi connectivity index (χ2v) is 8.86. The number of carbonyl (C=O) groups is 1. The zero-order valence-corrected chi connectivity index (χ0v) is 16.8. The van der Waals surface area contributed by atoms with Gasteiger partial charge >= 0.3 is 0 Å². The average Bonchev–Trinajstić information content (AvgIpc) is 2.83. The lowest BCUT2D eigenvalue weighted by atomic mass is 9.87. The van der Waals surface area contributed by atoms with Gasteiger partial charge in [-0.2, -0.15) is 0 Å². The van der Waals surface area contributed by atoms with Gasteiger partial charge in [-0.1, -0.05) is 62.1 Å². The monoisotopic (exact) mass is 380 g/mol. The number of fused-ring (bicyclic) bond motifs is 2. The van der Waals surface area contributed by atoms with Crippen molar-refractivity contribution in [1.29, 1.82) is 0 Å². The Kier molecular flexibility index (Phi) is 5.84. The van der Waals surface area contributed by atoms with Crippen molar-refractivity contribution in [3.63, 3.8) is 0 Å². The molecule has 0 radical (unpaired) electrons. The number of benzene rings is 2. The molecule has 2 aromatic rings. The summed E-state index contributed by atoms with van der Waals surface area (Å²) in [5.74, 6) is 0.896. The van der Waals surface area contributed by atoms with Gasteiger partial charge in [-0.3, -0.25) is 4.79 Å². The highest BCUT2D eigenvalue weighted by molar-refractivity contribution is 7.99. The molecule has 1 aliphatic carbocycles. The molecule has 142 valence electrons. The molecule has 1 aliphatic heterocycles. The fourth-order valence-corrected chi connectivity index (χ4v) is 5.31. The summed E-state index contributed by atoms with van der Waals surface area (Å²) in [6.07, 6.45) is 8.34. The molecule has 0 saturated heterocycles. The van der Waals surface area contributed by atoms with Crippen LogP contribution in [-0.4, -0.2) is 12.5 Å². The molecule has 1 amide bonds. The fraction of sp³-hybridized carbons (Fsp3) is 0.435. The molecule has 2 aliphatic rings. The Morgan fingerprint density at radius 2 is 1.96 bits per heavy atom. The molecule has 1 heterocycles. The first kappa shape index (κ1) is 18.6. The third-order valence-corrected chi connectivity index (χ3v) is 7.03. The Morgan fingerprint density at radius 1 is 1.15 bits per heavy atom. The smallest absolute Gasteiger partial charge is 0.256 e. The van der Waals surface area contributed by atoms with E-state index in [1.165, 1.54) is 49.7 Å². The topological polar surface area (TPSA) is 41.1 Å². The summed E-state index contributed by atoms with van der Waals surface area (Å²) in [4.78, 5) is 14.8. The Balaban J connectivity index is 1.42. The third kappa shape index (κ3) is 4.39. The van der Waals surface area contributed by atoms with E-state index in [0.717, 1.165) is 40.0 Å². The van der Waals surface area contributed by atoms with Gasteiger partial charge in [-0.15, -0.1) is 0 Å². The van der Waals surface area contributed by atoms with Gasteiger partial charge in [-0.25, -0.2) is 0 Å². The molecule has 2 aromatic carbocycles. The van der Waals surface area contributed by atoms with Crippen LogP contribution in [-0.2, 0) is 6.54 Å². The second kappa shape index (κ2) is 8.49. The minimum Gasteiger partial charge on any atom is -0.321 e. The van der Waals surface area contributed by atoms with Crippen LogP contribution in [0, 0.1) is 12.8 Å². The highest BCUT2D eigenvalue weighted by atomic mass is 32.2. The first-order valence-electron chi connectivity index (χ1n) is 10.1. The average molecular weight is 381 g/mol. The van der Waals surface area contributed by atoms with E-state index in [4.69, 9.17) is 0 Å². The SMILES string of the molecule is Cc1cc(CNCCC2CCCCC2)cc2c1Sc1ccccc1C(=O)N2. The first-order valence-corrected chi connectivity index (χ1v) is 10.9. The van der Waals surface area contributed by atoms with Gasteiger partial charge < -0.3 is 10.6 Å². The highest BCUT2D eigenvalue weighted by Gasteiger charge is 2.21. The van der Waals surface area contributed by atoms with Crippen molar-refractivity contribution in [2.45, 2.75) is 61.8 Å². The van der Waals surface area contributed by atoms with Gasteiger partial charge in [0, 0.05) is 16.3 Å². The molecule has 0 bridgehead atoms. The number of amides is 1. The molecule has 4 rings (SSSR count). The molecule has 0 unspecified atom stereocenters. The van der Waals surface area contributed by atoms with E-state index in [-0.39, 0.29) is 5.91 Å². The Bertz CT molecular complexity index is 827. The van der Waals surface area contributed by atoms with Crippen LogP contribution in [0.1, 0.15) is 60.0 Å². The predicted molar refractivity (Wildman–Crippen MR) is 113 cm³/mol. The van der Waals surface area contributed by atoms with Crippen molar-refractivity contribution < 1.29 is 4.79 Å². The number of carbonyl (C=O) groups excluding carboxylic acids is 1. The van der Waals surface area contributed by atoms with Crippen LogP contribution in [0.15, 0.2) is 46.2 Å². The van der Waals surface area contributed by atoms with Gasteiger partial charge in [-0.05, 0) is 55.1 Å². The molecular weight excluding hydrogens is 352 g/mol. The molecule has 27 heavy (non-hydrogen) atoms. The number of aryl methyl sites for hydroxylation is 1. The third-order valence-electron chi connectivity index (χ3n) is 5.71. The quantitative estimate of drug-likeness (QED) is 0.647. The second-order valence-electron chi connectivity index (χ2n) is 7.81. The Morgan fingerprint density at radius 3 is 2.81 bits per heavy atom. The number of hydrogen-bond acceptors (Lipinski definition) is 3. The molecule has 1 fully saturated rings. The van der Waals surface area contributed by atoms with Crippen LogP contribution in [0.25, 0.3) is 0 Å². The van der Waals surface area contributed by atoms with Crippen LogP contribution >= 0.6 is 11.8 Å². The molecule has 0 atom stereocenters. The van der Waals surface area contributed by atoms with Crippen molar-refractivity contribution in [3.05, 3.63) is 53.1 Å². The molecular formula is C23H28N2OS. The zero-order valence-electron chi connectivity index (χ0n) is 16.0. The normalized spacial score (nSPS) is 17.0. The van der Waals surface area contributed by atoms with Crippen molar-refractivity contribution in [3.8, 4) is 0 Å². The van der Waals surface area contributed by atoms with E-state index >= 15 is 0 Å². The molecule has 0 spiro atoms. The lowest BCUT2D eigenvalue weighted by molar-refractivity contribution is 0.102. The van der Waals surface area contributed by atoms with E-state index < -0.39 is 0 Å². The fourth-order valence-electron chi connectivity index (χ4n) is 4.24. The summed E-state index contributed by atoms with van der Waals surface area (Å²) in [5, 5.41) is 6.72. The maximum atomic E-state index is 12.6. The summed E-state index contributed by atoms with van der Waals surface area (Å²) in [6, 6.07) is 12.2. The molecule has 0 aromatic heterocycles. The highest BCUT2D eigenvalue weighted by Crippen LogP contribution is 2.41. The number of nitrogens with one attached hydrogen (secondary N) is 2. The number of anilines is 1. The summed E-state index contributed by atoms with van der Waals surface area (Å²) >= 11 is 1.69. The van der Waals surface area contributed by atoms with Crippen molar-refractivity contribution in [2.24, 2.45) is 5.92 Å². The Hall–Kier alpha value is -1.78.